The molecule has 4 nitrogen and oxygen atoms in total. The first-order valence-corrected chi connectivity index (χ1v) is 6.81. The highest BCUT2D eigenvalue weighted by Gasteiger charge is 2.33. The van der Waals surface area contributed by atoms with Gasteiger partial charge in [0, 0.05) is 11.1 Å². The molecular weight excluding hydrogens is 266 g/mol. The van der Waals surface area contributed by atoms with Gasteiger partial charge in [0.1, 0.15) is 5.52 Å². The van der Waals surface area contributed by atoms with E-state index in [0.29, 0.717) is 19.0 Å². The molecular formula is C17H17NO3. The summed E-state index contributed by atoms with van der Waals surface area (Å²) >= 11 is 0. The molecule has 4 heteroatoms. The summed E-state index contributed by atoms with van der Waals surface area (Å²) in [6.07, 6.45) is 5.25. The average molecular weight is 283 g/mol. The zero-order valence-corrected chi connectivity index (χ0v) is 12.0. The molecule has 2 heterocycles. The Kier molecular flexibility index (Phi) is 3.49. The molecule has 0 spiro atoms. The van der Waals surface area contributed by atoms with Crippen LogP contribution in [0.3, 0.4) is 0 Å². The van der Waals surface area contributed by atoms with E-state index in [1.165, 1.54) is 0 Å². The fraction of sp³-hybridized carbons (Fsp3) is 0.235. The Balaban J connectivity index is 2.14. The topological polar surface area (TPSA) is 44.5 Å². The van der Waals surface area contributed by atoms with E-state index in [1.54, 1.807) is 12.2 Å². The summed E-state index contributed by atoms with van der Waals surface area (Å²) in [5.74, 6) is -0.0393. The fourth-order valence-electron chi connectivity index (χ4n) is 2.48. The first-order chi connectivity index (χ1) is 10.2. The Morgan fingerprint density at radius 3 is 2.71 bits per heavy atom. The molecule has 0 N–H and O–H groups in total. The van der Waals surface area contributed by atoms with Gasteiger partial charge >= 0.3 is 0 Å². The van der Waals surface area contributed by atoms with Crippen molar-refractivity contribution in [3.8, 4) is 0 Å². The third-order valence-corrected chi connectivity index (χ3v) is 3.62. The van der Waals surface area contributed by atoms with Crippen LogP contribution in [0.4, 0.5) is 0 Å². The second-order valence-electron chi connectivity index (χ2n) is 4.95. The van der Waals surface area contributed by atoms with Gasteiger partial charge in [0.25, 0.3) is 0 Å². The van der Waals surface area contributed by atoms with E-state index in [9.17, 15) is 0 Å². The van der Waals surface area contributed by atoms with Gasteiger partial charge in [-0.1, -0.05) is 42.6 Å². The summed E-state index contributed by atoms with van der Waals surface area (Å²) in [7, 11) is 0. The molecule has 1 aromatic heterocycles. The van der Waals surface area contributed by atoms with Gasteiger partial charge in [0.15, 0.2) is 11.5 Å². The van der Waals surface area contributed by atoms with E-state index < -0.39 is 5.79 Å². The van der Waals surface area contributed by atoms with E-state index in [0.717, 1.165) is 22.0 Å². The summed E-state index contributed by atoms with van der Waals surface area (Å²) < 4.78 is 16.9. The fourth-order valence-corrected chi connectivity index (χ4v) is 2.48. The minimum Gasteiger partial charge on any atom is -0.355 e. The largest absolute Gasteiger partial charge is 0.355 e. The van der Waals surface area contributed by atoms with Crippen LogP contribution < -0.4 is 0 Å². The number of hydrogen-bond donors (Lipinski definition) is 0. The molecule has 21 heavy (non-hydrogen) atoms. The number of nitrogens with zero attached hydrogens (tertiary/aromatic N) is 1. The zero-order chi connectivity index (χ0) is 14.9. The second-order valence-corrected chi connectivity index (χ2v) is 4.95. The number of benzene rings is 1. The quantitative estimate of drug-likeness (QED) is 0.800. The minimum atomic E-state index is -0.709. The average Bonchev–Trinajstić information content (AvgIpc) is 3.11. The van der Waals surface area contributed by atoms with Crippen LogP contribution in [0.5, 0.6) is 0 Å². The van der Waals surface area contributed by atoms with Gasteiger partial charge in [-0.3, -0.25) is 0 Å². The number of ether oxygens (including phenoxy) is 2. The van der Waals surface area contributed by atoms with Crippen molar-refractivity contribution in [1.29, 1.82) is 0 Å². The van der Waals surface area contributed by atoms with Crippen LogP contribution in [0.25, 0.3) is 16.5 Å². The molecule has 108 valence electrons. The summed E-state index contributed by atoms with van der Waals surface area (Å²) in [5, 5.41) is 4.98. The molecule has 1 saturated heterocycles. The predicted octanol–water partition coefficient (Wildman–Crippen LogP) is 3.80. The van der Waals surface area contributed by atoms with Crippen molar-refractivity contribution in [2.24, 2.45) is 0 Å². The van der Waals surface area contributed by atoms with E-state index in [4.69, 9.17) is 14.0 Å². The lowest BCUT2D eigenvalue weighted by Gasteiger charge is -2.22. The van der Waals surface area contributed by atoms with E-state index in [2.05, 4.69) is 18.3 Å². The Morgan fingerprint density at radius 2 is 2.05 bits per heavy atom. The molecule has 0 aliphatic carbocycles. The number of allylic oxidation sites excluding steroid dienone is 4. The molecule has 1 fully saturated rings. The summed E-state index contributed by atoms with van der Waals surface area (Å²) in [6, 6.07) is 5.85. The second kappa shape index (κ2) is 5.31. The number of rotatable bonds is 4. The molecule has 0 radical (unpaired) electrons. The lowest BCUT2D eigenvalue weighted by atomic mass is 10.0. The van der Waals surface area contributed by atoms with E-state index in [1.807, 2.05) is 31.2 Å². The molecule has 0 unspecified atom stereocenters. The molecule has 0 atom stereocenters. The first-order valence-electron chi connectivity index (χ1n) is 6.81. The van der Waals surface area contributed by atoms with Gasteiger partial charge < -0.3 is 14.0 Å². The van der Waals surface area contributed by atoms with Gasteiger partial charge in [-0.15, -0.1) is 0 Å². The summed E-state index contributed by atoms with van der Waals surface area (Å²) in [5.41, 5.74) is 2.56. The maximum absolute atomic E-state index is 5.70. The van der Waals surface area contributed by atoms with Crippen LogP contribution >= 0.6 is 0 Å². The molecule has 0 bridgehead atoms. The molecule has 0 amide bonds. The Labute approximate surface area is 123 Å². The van der Waals surface area contributed by atoms with Crippen molar-refractivity contribution < 1.29 is 14.0 Å². The van der Waals surface area contributed by atoms with Crippen LogP contribution in [-0.2, 0) is 15.3 Å². The van der Waals surface area contributed by atoms with Gasteiger partial charge in [-0.05, 0) is 19.1 Å². The van der Waals surface area contributed by atoms with Crippen molar-refractivity contribution in [1.82, 2.24) is 5.16 Å². The lowest BCUT2D eigenvalue weighted by molar-refractivity contribution is -0.149. The lowest BCUT2D eigenvalue weighted by Crippen LogP contribution is -2.22. The predicted molar refractivity (Wildman–Crippen MR) is 81.6 cm³/mol. The maximum Gasteiger partial charge on any atom is 0.192 e. The highest BCUT2D eigenvalue weighted by Crippen LogP contribution is 2.34. The molecule has 0 saturated carbocycles. The van der Waals surface area contributed by atoms with Crippen LogP contribution in [0, 0.1) is 0 Å². The van der Waals surface area contributed by atoms with E-state index in [-0.39, 0.29) is 0 Å². The molecule has 2 aromatic rings. The Hall–Kier alpha value is -2.17. The standard InChI is InChI=1S/C17H17NO3/c1-4-6-12(5-2)16-14-11-13(7-8-15(14)18-21-16)17(3)19-9-10-20-17/h4-8,11H,1-2,9-10H2,3H3/b12-6+. The smallest absolute Gasteiger partial charge is 0.192 e. The minimum absolute atomic E-state index is 0.597. The third kappa shape index (κ3) is 2.33. The van der Waals surface area contributed by atoms with Crippen LogP contribution in [0.2, 0.25) is 0 Å². The normalized spacial score (nSPS) is 18.0. The van der Waals surface area contributed by atoms with Crippen LogP contribution in [-0.4, -0.2) is 18.4 Å². The highest BCUT2D eigenvalue weighted by molar-refractivity contribution is 5.92. The van der Waals surface area contributed by atoms with Crippen LogP contribution in [0.15, 0.2) is 54.1 Å². The highest BCUT2D eigenvalue weighted by atomic mass is 16.7. The van der Waals surface area contributed by atoms with Gasteiger partial charge in [-0.25, -0.2) is 0 Å². The van der Waals surface area contributed by atoms with Crippen molar-refractivity contribution in [2.45, 2.75) is 12.7 Å². The number of fused-ring (bicyclic) bond motifs is 1. The molecule has 1 aliphatic heterocycles. The van der Waals surface area contributed by atoms with Gasteiger partial charge in [0.2, 0.25) is 0 Å². The van der Waals surface area contributed by atoms with Crippen molar-refractivity contribution in [3.05, 3.63) is 60.9 Å². The van der Waals surface area contributed by atoms with Crippen molar-refractivity contribution >= 4 is 16.5 Å². The molecule has 1 aliphatic rings. The monoisotopic (exact) mass is 283 g/mol. The Bertz CT molecular complexity index is 721. The Morgan fingerprint density at radius 1 is 1.29 bits per heavy atom. The van der Waals surface area contributed by atoms with E-state index >= 15 is 0 Å². The SMILES string of the molecule is C=C/C=C(\C=C)c1onc2ccc(C3(C)OCCO3)cc12. The summed E-state index contributed by atoms with van der Waals surface area (Å²) in [6.45, 7) is 10.6. The summed E-state index contributed by atoms with van der Waals surface area (Å²) in [4.78, 5) is 0. The van der Waals surface area contributed by atoms with Crippen molar-refractivity contribution in [2.75, 3.05) is 13.2 Å². The maximum atomic E-state index is 5.70. The molecule has 3 rings (SSSR count). The van der Waals surface area contributed by atoms with Crippen LogP contribution in [0.1, 0.15) is 18.2 Å². The number of aromatic nitrogens is 1. The van der Waals surface area contributed by atoms with Gasteiger partial charge in [-0.2, -0.15) is 0 Å². The number of hydrogen-bond acceptors (Lipinski definition) is 4. The van der Waals surface area contributed by atoms with Crippen molar-refractivity contribution in [3.63, 3.8) is 0 Å². The molecule has 1 aromatic carbocycles. The zero-order valence-electron chi connectivity index (χ0n) is 12.0. The van der Waals surface area contributed by atoms with Gasteiger partial charge in [0.05, 0.1) is 18.6 Å². The third-order valence-electron chi connectivity index (χ3n) is 3.62. The first kappa shape index (κ1) is 13.8.